The number of phenolic OH excluding ortho intramolecular Hbond substituents is 1. The molecule has 4 N–H and O–H groups in total. The van der Waals surface area contributed by atoms with Gasteiger partial charge in [0.15, 0.2) is 0 Å². The van der Waals surface area contributed by atoms with Crippen LogP contribution in [0.5, 0.6) is 5.75 Å². The van der Waals surface area contributed by atoms with E-state index >= 15 is 0 Å². The van der Waals surface area contributed by atoms with Gasteiger partial charge in [-0.05, 0) is 17.7 Å². The van der Waals surface area contributed by atoms with Crippen LogP contribution in [-0.4, -0.2) is 10.2 Å². The summed E-state index contributed by atoms with van der Waals surface area (Å²) in [5.41, 5.74) is 7.46. The van der Waals surface area contributed by atoms with E-state index in [1.54, 1.807) is 6.07 Å². The minimum atomic E-state index is -0.814. The smallest absolute Gasteiger partial charge is 0.117 e. The zero-order valence-electron chi connectivity index (χ0n) is 8.97. The molecule has 88 valence electrons. The van der Waals surface area contributed by atoms with E-state index in [0.29, 0.717) is 11.3 Å². The molecule has 0 saturated heterocycles. The molecule has 0 bridgehead atoms. The molecule has 3 nitrogen and oxygen atoms in total. The van der Waals surface area contributed by atoms with Crippen LogP contribution in [0, 0.1) is 0 Å². The summed E-state index contributed by atoms with van der Waals surface area (Å²) in [6.45, 7) is 0. The third kappa shape index (κ3) is 2.43. The average molecular weight is 294 g/mol. The summed E-state index contributed by atoms with van der Waals surface area (Å²) in [4.78, 5) is 0. The molecule has 0 aliphatic heterocycles. The molecule has 1 atom stereocenters. The summed E-state index contributed by atoms with van der Waals surface area (Å²) in [7, 11) is 0. The molecule has 0 radical (unpaired) electrons. The standard InChI is InChI=1S/C13H12BrNO2/c14-11-4-2-1-3-9(11)13(17)10-6-5-8(16)7-12(10)15/h1-7,13,16-17H,15H2. The molecule has 0 aromatic heterocycles. The largest absolute Gasteiger partial charge is 0.508 e. The molecule has 2 rings (SSSR count). The number of aromatic hydroxyl groups is 1. The number of hydrogen-bond donors (Lipinski definition) is 3. The van der Waals surface area contributed by atoms with Crippen molar-refractivity contribution in [1.29, 1.82) is 0 Å². The normalized spacial score (nSPS) is 12.4. The van der Waals surface area contributed by atoms with Crippen molar-refractivity contribution in [3.63, 3.8) is 0 Å². The number of nitrogen functional groups attached to an aromatic ring is 1. The summed E-state index contributed by atoms with van der Waals surface area (Å²) in [5.74, 6) is 0.0885. The predicted octanol–water partition coefficient (Wildman–Crippen LogP) is 2.82. The number of hydrogen-bond acceptors (Lipinski definition) is 3. The van der Waals surface area contributed by atoms with Crippen LogP contribution in [0.2, 0.25) is 0 Å². The Kier molecular flexibility index (Phi) is 3.36. The highest BCUT2D eigenvalue weighted by Gasteiger charge is 2.15. The summed E-state index contributed by atoms with van der Waals surface area (Å²) < 4.78 is 0.819. The van der Waals surface area contributed by atoms with Crippen LogP contribution in [0.1, 0.15) is 17.2 Å². The molecule has 0 spiro atoms. The quantitative estimate of drug-likeness (QED) is 0.746. The number of benzene rings is 2. The first-order valence-corrected chi connectivity index (χ1v) is 5.90. The maximum Gasteiger partial charge on any atom is 0.117 e. The fourth-order valence-corrected chi connectivity index (χ4v) is 2.18. The molecule has 0 aliphatic carbocycles. The van der Waals surface area contributed by atoms with Crippen LogP contribution >= 0.6 is 15.9 Å². The number of aliphatic hydroxyl groups excluding tert-OH is 1. The van der Waals surface area contributed by atoms with Crippen LogP contribution in [-0.2, 0) is 0 Å². The Morgan fingerprint density at radius 2 is 1.76 bits per heavy atom. The van der Waals surface area contributed by atoms with Gasteiger partial charge in [0.2, 0.25) is 0 Å². The third-order valence-electron chi connectivity index (χ3n) is 2.56. The van der Waals surface area contributed by atoms with Crippen LogP contribution in [0.4, 0.5) is 5.69 Å². The first-order valence-electron chi connectivity index (χ1n) is 5.10. The Hall–Kier alpha value is -1.52. The maximum absolute atomic E-state index is 10.3. The molecule has 0 amide bonds. The Morgan fingerprint density at radius 3 is 2.41 bits per heavy atom. The highest BCUT2D eigenvalue weighted by Crippen LogP contribution is 2.32. The monoisotopic (exact) mass is 293 g/mol. The molecular weight excluding hydrogens is 282 g/mol. The second-order valence-electron chi connectivity index (χ2n) is 3.74. The van der Waals surface area contributed by atoms with Gasteiger partial charge in [0.1, 0.15) is 11.9 Å². The number of aliphatic hydroxyl groups is 1. The van der Waals surface area contributed by atoms with E-state index in [9.17, 15) is 10.2 Å². The predicted molar refractivity (Wildman–Crippen MR) is 70.7 cm³/mol. The van der Waals surface area contributed by atoms with E-state index in [1.807, 2.05) is 24.3 Å². The van der Waals surface area contributed by atoms with E-state index in [4.69, 9.17) is 5.73 Å². The third-order valence-corrected chi connectivity index (χ3v) is 3.29. The SMILES string of the molecule is Nc1cc(O)ccc1C(O)c1ccccc1Br. The minimum Gasteiger partial charge on any atom is -0.508 e. The molecule has 0 saturated carbocycles. The number of nitrogens with two attached hydrogens (primary N) is 1. The summed E-state index contributed by atoms with van der Waals surface area (Å²) >= 11 is 3.38. The summed E-state index contributed by atoms with van der Waals surface area (Å²) in [6, 6.07) is 12.0. The van der Waals surface area contributed by atoms with Gasteiger partial charge in [0, 0.05) is 21.8 Å². The van der Waals surface area contributed by atoms with Crippen molar-refractivity contribution < 1.29 is 10.2 Å². The molecule has 4 heteroatoms. The fraction of sp³-hybridized carbons (Fsp3) is 0.0769. The average Bonchev–Trinajstić information content (AvgIpc) is 2.29. The first-order chi connectivity index (χ1) is 8.09. The van der Waals surface area contributed by atoms with E-state index in [2.05, 4.69) is 15.9 Å². The highest BCUT2D eigenvalue weighted by molar-refractivity contribution is 9.10. The fourth-order valence-electron chi connectivity index (χ4n) is 1.68. The van der Waals surface area contributed by atoms with Gasteiger partial charge in [-0.3, -0.25) is 0 Å². The molecular formula is C13H12BrNO2. The minimum absolute atomic E-state index is 0.0885. The van der Waals surface area contributed by atoms with Crippen molar-refractivity contribution >= 4 is 21.6 Å². The van der Waals surface area contributed by atoms with Gasteiger partial charge in [-0.2, -0.15) is 0 Å². The highest BCUT2D eigenvalue weighted by atomic mass is 79.9. The molecule has 1 unspecified atom stereocenters. The lowest BCUT2D eigenvalue weighted by atomic mass is 10.00. The van der Waals surface area contributed by atoms with Crippen molar-refractivity contribution in [2.45, 2.75) is 6.10 Å². The van der Waals surface area contributed by atoms with Gasteiger partial charge in [-0.25, -0.2) is 0 Å². The summed E-state index contributed by atoms with van der Waals surface area (Å²) in [5, 5.41) is 19.5. The van der Waals surface area contributed by atoms with Gasteiger partial charge in [0.25, 0.3) is 0 Å². The van der Waals surface area contributed by atoms with Crippen molar-refractivity contribution in [2.75, 3.05) is 5.73 Å². The molecule has 2 aromatic rings. The number of phenols is 1. The second kappa shape index (κ2) is 4.77. The van der Waals surface area contributed by atoms with Crippen molar-refractivity contribution in [3.05, 3.63) is 58.1 Å². The molecule has 2 aromatic carbocycles. The Morgan fingerprint density at radius 1 is 1.06 bits per heavy atom. The lowest BCUT2D eigenvalue weighted by Gasteiger charge is -2.15. The maximum atomic E-state index is 10.3. The second-order valence-corrected chi connectivity index (χ2v) is 4.59. The van der Waals surface area contributed by atoms with Crippen LogP contribution in [0.3, 0.4) is 0 Å². The van der Waals surface area contributed by atoms with E-state index in [1.165, 1.54) is 12.1 Å². The molecule has 17 heavy (non-hydrogen) atoms. The topological polar surface area (TPSA) is 66.5 Å². The lowest BCUT2D eigenvalue weighted by Crippen LogP contribution is -2.04. The molecule has 0 heterocycles. The van der Waals surface area contributed by atoms with Crippen LogP contribution < -0.4 is 5.73 Å². The zero-order chi connectivity index (χ0) is 12.4. The molecule has 0 fully saturated rings. The van der Waals surface area contributed by atoms with Crippen molar-refractivity contribution in [1.82, 2.24) is 0 Å². The number of halogens is 1. The number of anilines is 1. The molecule has 0 aliphatic rings. The Balaban J connectivity index is 2.44. The summed E-state index contributed by atoms with van der Waals surface area (Å²) in [6.07, 6.45) is -0.814. The van der Waals surface area contributed by atoms with Crippen LogP contribution in [0.15, 0.2) is 46.9 Å². The van der Waals surface area contributed by atoms with Crippen molar-refractivity contribution in [2.24, 2.45) is 0 Å². The van der Waals surface area contributed by atoms with Gasteiger partial charge >= 0.3 is 0 Å². The van der Waals surface area contributed by atoms with Gasteiger partial charge < -0.3 is 15.9 Å². The van der Waals surface area contributed by atoms with Gasteiger partial charge in [0.05, 0.1) is 0 Å². The van der Waals surface area contributed by atoms with E-state index in [0.717, 1.165) is 10.0 Å². The number of rotatable bonds is 2. The van der Waals surface area contributed by atoms with Crippen LogP contribution in [0.25, 0.3) is 0 Å². The Bertz CT molecular complexity index is 543. The van der Waals surface area contributed by atoms with E-state index < -0.39 is 6.10 Å². The first kappa shape index (κ1) is 12.0. The lowest BCUT2D eigenvalue weighted by molar-refractivity contribution is 0.220. The zero-order valence-corrected chi connectivity index (χ0v) is 10.6. The van der Waals surface area contributed by atoms with E-state index in [-0.39, 0.29) is 5.75 Å². The van der Waals surface area contributed by atoms with Crippen molar-refractivity contribution in [3.8, 4) is 5.75 Å². The van der Waals surface area contributed by atoms with Gasteiger partial charge in [-0.15, -0.1) is 0 Å². The van der Waals surface area contributed by atoms with Gasteiger partial charge in [-0.1, -0.05) is 40.2 Å². The Labute approximate surface area is 108 Å².